The molecule has 1 aromatic heterocycles. The Labute approximate surface area is 186 Å². The number of unbranched alkanes of at least 4 members (excludes halogenated alkanes) is 3. The van der Waals surface area contributed by atoms with Crippen molar-refractivity contribution in [3.05, 3.63) is 17.0 Å². The molecule has 0 N–H and O–H groups in total. The third-order valence-electron chi connectivity index (χ3n) is 7.33. The van der Waals surface area contributed by atoms with Crippen molar-refractivity contribution in [3.63, 3.8) is 0 Å². The Hall–Kier alpha value is 0.892. The average molecular weight is 545 g/mol. The Kier molecular flexibility index (Phi) is 9.85. The second kappa shape index (κ2) is 11.0. The van der Waals surface area contributed by atoms with Crippen LogP contribution in [0.3, 0.4) is 0 Å². The van der Waals surface area contributed by atoms with Gasteiger partial charge < -0.3 is 0 Å². The van der Waals surface area contributed by atoms with Gasteiger partial charge in [-0.2, -0.15) is 0 Å². The molecule has 2 heterocycles. The molecule has 1 aliphatic rings. The average Bonchev–Trinajstić information content (AvgIpc) is 3.21. The van der Waals surface area contributed by atoms with Crippen LogP contribution < -0.4 is 2.89 Å². The molecule has 0 saturated carbocycles. The van der Waals surface area contributed by atoms with E-state index in [2.05, 4.69) is 74.7 Å². The first-order valence-electron chi connectivity index (χ1n) is 12.1. The van der Waals surface area contributed by atoms with Crippen molar-refractivity contribution in [2.45, 2.75) is 117 Å². The van der Waals surface area contributed by atoms with Crippen LogP contribution in [0.25, 0.3) is 0 Å². The van der Waals surface area contributed by atoms with Crippen molar-refractivity contribution in [3.8, 4) is 0 Å². The molecule has 1 saturated heterocycles. The van der Waals surface area contributed by atoms with E-state index in [4.69, 9.17) is 0 Å². The monoisotopic (exact) mass is 545 g/mol. The Morgan fingerprint density at radius 1 is 0.821 bits per heavy atom. The summed E-state index contributed by atoms with van der Waals surface area (Å²) in [7, 11) is -2.34. The molecule has 1 fully saturated rings. The van der Waals surface area contributed by atoms with Gasteiger partial charge in [0.15, 0.2) is 0 Å². The standard InChI is InChI=1S/C11H20NSSi2.3C4H9.Sn/c1-14(2)8-9-15(3,4)12(14)10-11-6-5-7-13-11;3*1-3-4-2;/h5-6H,8-10H2,1-4H3;3*1,3-4H2,2H3;. The topological polar surface area (TPSA) is 3.24 Å². The zero-order chi connectivity index (χ0) is 20.8. The van der Waals surface area contributed by atoms with Crippen LogP contribution in [0.5, 0.6) is 0 Å². The summed E-state index contributed by atoms with van der Waals surface area (Å²) in [4.78, 5) is 1.70. The van der Waals surface area contributed by atoms with Crippen LogP contribution in [0, 0.1) is 0 Å². The Balaban J connectivity index is 2.26. The molecule has 162 valence electrons. The van der Waals surface area contributed by atoms with Gasteiger partial charge in [-0.15, -0.1) is 0 Å². The van der Waals surface area contributed by atoms with Gasteiger partial charge in [0.2, 0.25) is 0 Å². The Bertz CT molecular complexity index is 561. The molecule has 0 radical (unpaired) electrons. The number of hydrogen-bond acceptors (Lipinski definition) is 2. The van der Waals surface area contributed by atoms with Crippen LogP contribution >= 0.6 is 11.3 Å². The molecule has 0 aliphatic carbocycles. The second-order valence-electron chi connectivity index (χ2n) is 10.6. The molecule has 1 aromatic rings. The van der Waals surface area contributed by atoms with E-state index in [9.17, 15) is 0 Å². The fourth-order valence-corrected chi connectivity index (χ4v) is 39.7. The van der Waals surface area contributed by atoms with Crippen molar-refractivity contribution < 1.29 is 0 Å². The summed E-state index contributed by atoms with van der Waals surface area (Å²) in [6.45, 7) is 18.9. The van der Waals surface area contributed by atoms with E-state index in [-0.39, 0.29) is 0 Å². The number of nitrogens with zero attached hydrogens (tertiary/aromatic N) is 1. The van der Waals surface area contributed by atoms with Crippen LogP contribution in [0.15, 0.2) is 12.1 Å². The first-order valence-corrected chi connectivity index (χ1v) is 26.7. The maximum absolute atomic E-state index is 3.07. The maximum atomic E-state index is 3.07. The minimum atomic E-state index is -2.23. The molecule has 0 atom stereocenters. The Morgan fingerprint density at radius 3 is 1.71 bits per heavy atom. The van der Waals surface area contributed by atoms with Gasteiger partial charge in [-0.1, -0.05) is 0 Å². The number of thiophene rings is 1. The van der Waals surface area contributed by atoms with E-state index in [1.165, 1.54) is 57.2 Å². The van der Waals surface area contributed by atoms with Crippen LogP contribution in [0.1, 0.15) is 64.2 Å². The SMILES string of the molecule is CCC[CH2][Sn]([CH2]CCC)([CH2]CCC)[c]1ccc(CN2[Si](C)(C)CC[Si]2(C)C)s1. The summed E-state index contributed by atoms with van der Waals surface area (Å²) in [5, 5.41) is 0. The summed E-state index contributed by atoms with van der Waals surface area (Å²) in [5.41, 5.74) is 0. The van der Waals surface area contributed by atoms with Crippen molar-refractivity contribution in [1.29, 1.82) is 0 Å². The normalized spacial score (nSPS) is 19.4. The summed E-state index contributed by atoms with van der Waals surface area (Å²) in [6.07, 6.45) is 8.56. The van der Waals surface area contributed by atoms with Crippen molar-refractivity contribution in [2.24, 2.45) is 0 Å². The zero-order valence-corrected chi connectivity index (χ0v) is 25.7. The summed E-state index contributed by atoms with van der Waals surface area (Å²) in [6, 6.07) is 8.24. The number of hydrogen-bond donors (Lipinski definition) is 0. The van der Waals surface area contributed by atoms with Crippen LogP contribution in [0.4, 0.5) is 0 Å². The first kappa shape index (κ1) is 25.2. The van der Waals surface area contributed by atoms with Crippen molar-refractivity contribution in [2.75, 3.05) is 0 Å². The van der Waals surface area contributed by atoms with Gasteiger partial charge in [0.1, 0.15) is 0 Å². The predicted molar refractivity (Wildman–Crippen MR) is 139 cm³/mol. The fourth-order valence-electron chi connectivity index (χ4n) is 5.32. The molecule has 0 unspecified atom stereocenters. The fraction of sp³-hybridized carbons (Fsp3) is 0.826. The summed E-state index contributed by atoms with van der Waals surface area (Å²) >= 11 is 0.0499. The van der Waals surface area contributed by atoms with Crippen LogP contribution in [-0.4, -0.2) is 39.1 Å². The molecular weight excluding hydrogens is 497 g/mol. The summed E-state index contributed by atoms with van der Waals surface area (Å²) in [5.74, 6) is 0. The van der Waals surface area contributed by atoms with E-state index < -0.39 is 34.8 Å². The van der Waals surface area contributed by atoms with E-state index in [0.717, 1.165) is 0 Å². The molecule has 0 aromatic carbocycles. The summed E-state index contributed by atoms with van der Waals surface area (Å²) < 4.78 is 9.81. The van der Waals surface area contributed by atoms with Gasteiger partial charge >= 0.3 is 188 Å². The van der Waals surface area contributed by atoms with Crippen molar-refractivity contribution >= 4 is 49.1 Å². The molecule has 0 amide bonds. The third kappa shape index (κ3) is 6.21. The molecule has 28 heavy (non-hydrogen) atoms. The van der Waals surface area contributed by atoms with Gasteiger partial charge in [0.25, 0.3) is 0 Å². The van der Waals surface area contributed by atoms with Crippen LogP contribution in [-0.2, 0) is 6.54 Å². The minimum absolute atomic E-state index is 1.17. The first-order chi connectivity index (χ1) is 13.2. The second-order valence-corrected chi connectivity index (χ2v) is 35.7. The van der Waals surface area contributed by atoms with Crippen molar-refractivity contribution in [1.82, 2.24) is 4.23 Å². The quantitative estimate of drug-likeness (QED) is 0.241. The molecule has 5 heteroatoms. The van der Waals surface area contributed by atoms with E-state index in [0.29, 0.717) is 0 Å². The van der Waals surface area contributed by atoms with E-state index >= 15 is 0 Å². The number of rotatable bonds is 12. The van der Waals surface area contributed by atoms with Gasteiger partial charge in [-0.25, -0.2) is 0 Å². The molecule has 0 spiro atoms. The van der Waals surface area contributed by atoms with E-state index in [1.807, 2.05) is 2.89 Å². The van der Waals surface area contributed by atoms with Gasteiger partial charge in [0.05, 0.1) is 0 Å². The molecule has 0 bridgehead atoms. The zero-order valence-electron chi connectivity index (χ0n) is 20.0. The van der Waals surface area contributed by atoms with E-state index in [1.54, 1.807) is 18.2 Å². The van der Waals surface area contributed by atoms with Gasteiger partial charge in [-0.3, -0.25) is 0 Å². The molecule has 1 aliphatic heterocycles. The Morgan fingerprint density at radius 2 is 1.29 bits per heavy atom. The van der Waals surface area contributed by atoms with Gasteiger partial charge in [0, 0.05) is 0 Å². The predicted octanol–water partition coefficient (Wildman–Crippen LogP) is 8.03. The molecule has 1 nitrogen and oxygen atoms in total. The van der Waals surface area contributed by atoms with Gasteiger partial charge in [-0.05, 0) is 0 Å². The third-order valence-corrected chi connectivity index (χ3v) is 37.0. The molecular formula is C23H47NSSi2Sn. The molecule has 2 rings (SSSR count). The van der Waals surface area contributed by atoms with Crippen LogP contribution in [0.2, 0.25) is 51.6 Å².